The minimum absolute atomic E-state index is 0.0131. The molecule has 0 unspecified atom stereocenters. The van der Waals surface area contributed by atoms with Crippen molar-refractivity contribution in [3.05, 3.63) is 12.2 Å². The molecule has 0 fully saturated rings. The Morgan fingerprint density at radius 3 is 2.25 bits per heavy atom. The summed E-state index contributed by atoms with van der Waals surface area (Å²) in [6, 6.07) is 0. The van der Waals surface area contributed by atoms with E-state index < -0.39 is 5.91 Å². The predicted molar refractivity (Wildman–Crippen MR) is 39.7 cm³/mol. The molecular formula is C7H8N2O3. The number of hydrogen-bond acceptors (Lipinski definition) is 3. The molecule has 1 heterocycles. The van der Waals surface area contributed by atoms with E-state index in [1.54, 1.807) is 0 Å². The van der Waals surface area contributed by atoms with Gasteiger partial charge in [0.1, 0.15) is 0 Å². The third-order valence-corrected chi connectivity index (χ3v) is 1.48. The molecule has 0 saturated heterocycles. The third-order valence-electron chi connectivity index (χ3n) is 1.48. The van der Waals surface area contributed by atoms with Crippen LogP contribution in [-0.2, 0) is 14.4 Å². The van der Waals surface area contributed by atoms with Crippen molar-refractivity contribution in [1.82, 2.24) is 4.90 Å². The summed E-state index contributed by atoms with van der Waals surface area (Å²) in [5.41, 5.74) is 4.85. The molecule has 0 aromatic heterocycles. The first-order chi connectivity index (χ1) is 5.61. The average molecular weight is 168 g/mol. The zero-order valence-corrected chi connectivity index (χ0v) is 6.32. The van der Waals surface area contributed by atoms with Gasteiger partial charge in [0, 0.05) is 25.1 Å². The van der Waals surface area contributed by atoms with Crippen molar-refractivity contribution in [3.63, 3.8) is 0 Å². The maximum Gasteiger partial charge on any atom is 0.253 e. The molecule has 0 bridgehead atoms. The first-order valence-electron chi connectivity index (χ1n) is 3.43. The Morgan fingerprint density at radius 2 is 1.83 bits per heavy atom. The van der Waals surface area contributed by atoms with Crippen LogP contribution >= 0.6 is 0 Å². The number of carbonyl (C=O) groups excluding carboxylic acids is 3. The number of nitrogens with two attached hydrogens (primary N) is 1. The summed E-state index contributed by atoms with van der Waals surface area (Å²) in [4.78, 5) is 33.0. The molecule has 0 spiro atoms. The Kier molecular flexibility index (Phi) is 2.23. The summed E-state index contributed by atoms with van der Waals surface area (Å²) in [5, 5.41) is 0. The fraction of sp³-hybridized carbons (Fsp3) is 0.286. The standard InChI is InChI=1S/C7H8N2O3/c8-5(10)3-4-9-6(11)1-2-7(9)12/h1-2H,3-4H2,(H2,8,10). The summed E-state index contributed by atoms with van der Waals surface area (Å²) < 4.78 is 0. The van der Waals surface area contributed by atoms with Crippen molar-refractivity contribution in [2.45, 2.75) is 6.42 Å². The van der Waals surface area contributed by atoms with Gasteiger partial charge >= 0.3 is 0 Å². The first-order valence-corrected chi connectivity index (χ1v) is 3.43. The Bertz CT molecular complexity index is 252. The highest BCUT2D eigenvalue weighted by Crippen LogP contribution is 2.03. The number of nitrogens with zero attached hydrogens (tertiary/aromatic N) is 1. The number of carbonyl (C=O) groups is 3. The zero-order valence-electron chi connectivity index (χ0n) is 6.32. The number of imide groups is 1. The lowest BCUT2D eigenvalue weighted by Gasteiger charge is -2.11. The maximum atomic E-state index is 10.9. The summed E-state index contributed by atoms with van der Waals surface area (Å²) >= 11 is 0. The van der Waals surface area contributed by atoms with Crippen LogP contribution in [0, 0.1) is 0 Å². The molecule has 5 heteroatoms. The predicted octanol–water partition coefficient (Wildman–Crippen LogP) is -1.21. The Morgan fingerprint density at radius 1 is 1.33 bits per heavy atom. The summed E-state index contributed by atoms with van der Waals surface area (Å²) in [6.45, 7) is 0.0694. The van der Waals surface area contributed by atoms with E-state index in [1.165, 1.54) is 12.2 Å². The maximum absolute atomic E-state index is 10.9. The lowest BCUT2D eigenvalue weighted by Crippen LogP contribution is -2.33. The molecular weight excluding hydrogens is 160 g/mol. The van der Waals surface area contributed by atoms with E-state index in [0.717, 1.165) is 4.90 Å². The summed E-state index contributed by atoms with van der Waals surface area (Å²) in [5.74, 6) is -1.30. The fourth-order valence-electron chi connectivity index (χ4n) is 0.874. The Balaban J connectivity index is 2.48. The van der Waals surface area contributed by atoms with Crippen LogP contribution < -0.4 is 5.73 Å². The molecule has 0 saturated carbocycles. The molecule has 2 N–H and O–H groups in total. The van der Waals surface area contributed by atoms with Crippen LogP contribution in [-0.4, -0.2) is 29.2 Å². The van der Waals surface area contributed by atoms with Gasteiger partial charge in [0.2, 0.25) is 5.91 Å². The molecule has 0 radical (unpaired) electrons. The van der Waals surface area contributed by atoms with Crippen LogP contribution in [0.25, 0.3) is 0 Å². The largest absolute Gasteiger partial charge is 0.370 e. The van der Waals surface area contributed by atoms with Crippen molar-refractivity contribution in [2.24, 2.45) is 5.73 Å². The van der Waals surface area contributed by atoms with Gasteiger partial charge in [0.15, 0.2) is 0 Å². The molecule has 0 aliphatic carbocycles. The quantitative estimate of drug-likeness (QED) is 0.537. The van der Waals surface area contributed by atoms with Crippen LogP contribution in [0.15, 0.2) is 12.2 Å². The van der Waals surface area contributed by atoms with Gasteiger partial charge < -0.3 is 5.73 Å². The van der Waals surface area contributed by atoms with Gasteiger partial charge in [0.25, 0.3) is 11.8 Å². The molecule has 3 amide bonds. The van der Waals surface area contributed by atoms with Crippen LogP contribution in [0.5, 0.6) is 0 Å². The SMILES string of the molecule is NC(=O)CCN1C(=O)C=CC1=O. The Hall–Kier alpha value is -1.65. The number of amides is 3. The molecule has 1 rings (SSSR count). The monoisotopic (exact) mass is 168 g/mol. The van der Waals surface area contributed by atoms with Gasteiger partial charge in [-0.2, -0.15) is 0 Å². The van der Waals surface area contributed by atoms with E-state index in [9.17, 15) is 14.4 Å². The first kappa shape index (κ1) is 8.45. The van der Waals surface area contributed by atoms with Gasteiger partial charge in [-0.05, 0) is 0 Å². The van der Waals surface area contributed by atoms with Gasteiger partial charge in [-0.15, -0.1) is 0 Å². The molecule has 0 aromatic rings. The van der Waals surface area contributed by atoms with Crippen LogP contribution in [0.2, 0.25) is 0 Å². The minimum atomic E-state index is -0.525. The molecule has 64 valence electrons. The second kappa shape index (κ2) is 3.17. The molecule has 0 aromatic carbocycles. The topological polar surface area (TPSA) is 80.5 Å². The summed E-state index contributed by atoms with van der Waals surface area (Å²) in [7, 11) is 0. The zero-order chi connectivity index (χ0) is 9.14. The van der Waals surface area contributed by atoms with Crippen LogP contribution in [0.3, 0.4) is 0 Å². The van der Waals surface area contributed by atoms with Crippen LogP contribution in [0.4, 0.5) is 0 Å². The van der Waals surface area contributed by atoms with E-state index >= 15 is 0 Å². The van der Waals surface area contributed by atoms with E-state index in [1.807, 2.05) is 0 Å². The lowest BCUT2D eigenvalue weighted by molar-refractivity contribution is -0.137. The smallest absolute Gasteiger partial charge is 0.253 e. The Labute approximate surface area is 68.8 Å². The van der Waals surface area contributed by atoms with Crippen molar-refractivity contribution in [2.75, 3.05) is 6.54 Å². The molecule has 12 heavy (non-hydrogen) atoms. The van der Waals surface area contributed by atoms with Crippen molar-refractivity contribution in [3.8, 4) is 0 Å². The molecule has 1 aliphatic rings. The van der Waals surface area contributed by atoms with Gasteiger partial charge in [-0.1, -0.05) is 0 Å². The van der Waals surface area contributed by atoms with E-state index in [0.29, 0.717) is 0 Å². The number of hydrogen-bond donors (Lipinski definition) is 1. The minimum Gasteiger partial charge on any atom is -0.370 e. The van der Waals surface area contributed by atoms with E-state index in [4.69, 9.17) is 5.73 Å². The second-order valence-corrected chi connectivity index (χ2v) is 2.38. The lowest BCUT2D eigenvalue weighted by atomic mass is 10.4. The highest BCUT2D eigenvalue weighted by molar-refractivity contribution is 6.13. The summed E-state index contributed by atoms with van der Waals surface area (Å²) in [6.07, 6.45) is 2.35. The van der Waals surface area contributed by atoms with Crippen molar-refractivity contribution < 1.29 is 14.4 Å². The van der Waals surface area contributed by atoms with Crippen molar-refractivity contribution >= 4 is 17.7 Å². The third kappa shape index (κ3) is 1.69. The normalized spacial score (nSPS) is 15.8. The highest BCUT2D eigenvalue weighted by Gasteiger charge is 2.22. The number of primary amides is 1. The average Bonchev–Trinajstić information content (AvgIpc) is 2.28. The second-order valence-electron chi connectivity index (χ2n) is 2.38. The molecule has 0 atom stereocenters. The highest BCUT2D eigenvalue weighted by atomic mass is 16.2. The van der Waals surface area contributed by atoms with Crippen LogP contribution in [0.1, 0.15) is 6.42 Å². The number of rotatable bonds is 3. The van der Waals surface area contributed by atoms with Gasteiger partial charge in [-0.3, -0.25) is 19.3 Å². The van der Waals surface area contributed by atoms with Gasteiger partial charge in [-0.25, -0.2) is 0 Å². The van der Waals surface area contributed by atoms with Gasteiger partial charge in [0.05, 0.1) is 0 Å². The molecule has 5 nitrogen and oxygen atoms in total. The van der Waals surface area contributed by atoms with E-state index in [-0.39, 0.29) is 24.8 Å². The fourth-order valence-corrected chi connectivity index (χ4v) is 0.874. The van der Waals surface area contributed by atoms with E-state index in [2.05, 4.69) is 0 Å². The molecule has 1 aliphatic heterocycles. The van der Waals surface area contributed by atoms with Crippen molar-refractivity contribution in [1.29, 1.82) is 0 Å².